The number of benzene rings is 1. The molecule has 8 heteroatoms. The zero-order chi connectivity index (χ0) is 20.5. The maximum Gasteiger partial charge on any atom is 0.251 e. The van der Waals surface area contributed by atoms with E-state index in [0.717, 1.165) is 13.1 Å². The van der Waals surface area contributed by atoms with E-state index in [0.29, 0.717) is 49.7 Å². The van der Waals surface area contributed by atoms with Crippen molar-refractivity contribution in [2.24, 2.45) is 0 Å². The number of nitrogens with one attached hydrogen (secondary N) is 1. The first-order chi connectivity index (χ1) is 13.9. The van der Waals surface area contributed by atoms with Crippen molar-refractivity contribution in [3.8, 4) is 0 Å². The number of hydrogen-bond acceptors (Lipinski definition) is 7. The summed E-state index contributed by atoms with van der Waals surface area (Å²) in [6.07, 6.45) is 1.15. The third kappa shape index (κ3) is 4.05. The van der Waals surface area contributed by atoms with Gasteiger partial charge < -0.3 is 19.7 Å². The second kappa shape index (κ2) is 7.85. The molecular formula is C21H28N4O4. The number of carbonyl (C=O) groups is 1. The lowest BCUT2D eigenvalue weighted by atomic mass is 9.73. The molecule has 0 unspecified atom stereocenters. The van der Waals surface area contributed by atoms with Crippen LogP contribution in [0.2, 0.25) is 0 Å². The number of aromatic nitrogens is 2. The number of hydrogen-bond donors (Lipinski definition) is 2. The number of aryl methyl sites for hydroxylation is 1. The minimum absolute atomic E-state index is 0.172. The standard InChI is InChI=1S/C21H28N4O4/c1-15-22-17(24-29-15)14-25-11-8-21(9-12-25)19(27)20(2,10-13-28-21)23-18(26)16-6-4-3-5-7-16/h3-7,19,27H,8-14H2,1-2H3,(H,23,26)/t19-,20+/m1/s1. The highest BCUT2D eigenvalue weighted by atomic mass is 16.5. The van der Waals surface area contributed by atoms with Crippen LogP contribution in [0, 0.1) is 6.92 Å². The molecule has 2 aliphatic heterocycles. The summed E-state index contributed by atoms with van der Waals surface area (Å²) in [6, 6.07) is 9.09. The van der Waals surface area contributed by atoms with E-state index < -0.39 is 17.2 Å². The summed E-state index contributed by atoms with van der Waals surface area (Å²) in [4.78, 5) is 19.2. The van der Waals surface area contributed by atoms with Gasteiger partial charge >= 0.3 is 0 Å². The van der Waals surface area contributed by atoms with Gasteiger partial charge in [0.05, 0.1) is 17.7 Å². The first kappa shape index (κ1) is 20.0. The molecule has 1 spiro atoms. The Kier molecular flexibility index (Phi) is 5.42. The molecule has 0 aliphatic carbocycles. The van der Waals surface area contributed by atoms with E-state index in [1.165, 1.54) is 0 Å². The molecule has 2 N–H and O–H groups in total. The van der Waals surface area contributed by atoms with Crippen LogP contribution in [-0.2, 0) is 11.3 Å². The number of carbonyl (C=O) groups excluding carboxylic acids is 1. The van der Waals surface area contributed by atoms with Gasteiger partial charge in [-0.1, -0.05) is 23.4 Å². The van der Waals surface area contributed by atoms with Gasteiger partial charge in [0.2, 0.25) is 5.89 Å². The molecule has 0 bridgehead atoms. The minimum atomic E-state index is -0.786. The first-order valence-corrected chi connectivity index (χ1v) is 10.1. The van der Waals surface area contributed by atoms with Crippen molar-refractivity contribution in [2.75, 3.05) is 19.7 Å². The molecule has 2 saturated heterocycles. The van der Waals surface area contributed by atoms with Crippen molar-refractivity contribution in [3.63, 3.8) is 0 Å². The van der Waals surface area contributed by atoms with Gasteiger partial charge in [-0.3, -0.25) is 9.69 Å². The van der Waals surface area contributed by atoms with Crippen LogP contribution in [0.25, 0.3) is 0 Å². The van der Waals surface area contributed by atoms with Crippen molar-refractivity contribution in [2.45, 2.75) is 56.9 Å². The van der Waals surface area contributed by atoms with Gasteiger partial charge in [-0.2, -0.15) is 4.98 Å². The van der Waals surface area contributed by atoms with Crippen molar-refractivity contribution >= 4 is 5.91 Å². The molecule has 1 amide bonds. The first-order valence-electron chi connectivity index (χ1n) is 10.1. The Morgan fingerprint density at radius 2 is 2.00 bits per heavy atom. The van der Waals surface area contributed by atoms with E-state index in [1.807, 2.05) is 25.1 Å². The van der Waals surface area contributed by atoms with Crippen LogP contribution in [-0.4, -0.2) is 63.0 Å². The van der Waals surface area contributed by atoms with Crippen LogP contribution in [0.3, 0.4) is 0 Å². The van der Waals surface area contributed by atoms with Crippen LogP contribution in [0.5, 0.6) is 0 Å². The van der Waals surface area contributed by atoms with Gasteiger partial charge in [-0.05, 0) is 38.3 Å². The normalized spacial score (nSPS) is 27.1. The Bertz CT molecular complexity index is 847. The summed E-state index contributed by atoms with van der Waals surface area (Å²) < 4.78 is 11.2. The number of amides is 1. The number of aliphatic hydroxyl groups is 1. The van der Waals surface area contributed by atoms with Crippen molar-refractivity contribution < 1.29 is 19.2 Å². The lowest BCUT2D eigenvalue weighted by Gasteiger charge is -2.53. The Balaban J connectivity index is 1.41. The summed E-state index contributed by atoms with van der Waals surface area (Å²) in [5.74, 6) is 1.06. The fourth-order valence-electron chi connectivity index (χ4n) is 4.43. The van der Waals surface area contributed by atoms with E-state index >= 15 is 0 Å². The van der Waals surface area contributed by atoms with E-state index in [2.05, 4.69) is 20.4 Å². The minimum Gasteiger partial charge on any atom is -0.388 e. The smallest absolute Gasteiger partial charge is 0.251 e. The van der Waals surface area contributed by atoms with Gasteiger partial charge in [-0.15, -0.1) is 0 Å². The lowest BCUT2D eigenvalue weighted by Crippen LogP contribution is -2.69. The lowest BCUT2D eigenvalue weighted by molar-refractivity contribution is -0.206. The summed E-state index contributed by atoms with van der Waals surface area (Å²) in [5.41, 5.74) is -0.801. The summed E-state index contributed by atoms with van der Waals surface area (Å²) in [7, 11) is 0. The molecule has 4 rings (SSSR count). The largest absolute Gasteiger partial charge is 0.388 e. The van der Waals surface area contributed by atoms with Crippen molar-refractivity contribution in [1.82, 2.24) is 20.4 Å². The zero-order valence-corrected chi connectivity index (χ0v) is 16.9. The van der Waals surface area contributed by atoms with Crippen LogP contribution in [0.15, 0.2) is 34.9 Å². The Hall–Kier alpha value is -2.29. The number of aliphatic hydroxyl groups excluding tert-OH is 1. The summed E-state index contributed by atoms with van der Waals surface area (Å²) in [6.45, 7) is 6.33. The van der Waals surface area contributed by atoms with Gasteiger partial charge in [0, 0.05) is 32.2 Å². The van der Waals surface area contributed by atoms with E-state index in [4.69, 9.17) is 9.26 Å². The summed E-state index contributed by atoms with van der Waals surface area (Å²) >= 11 is 0. The predicted molar refractivity (Wildman–Crippen MR) is 105 cm³/mol. The number of nitrogens with zero attached hydrogens (tertiary/aromatic N) is 3. The number of piperidine rings is 1. The Labute approximate surface area is 170 Å². The molecule has 156 valence electrons. The van der Waals surface area contributed by atoms with E-state index in [-0.39, 0.29) is 5.91 Å². The van der Waals surface area contributed by atoms with E-state index in [1.54, 1.807) is 19.1 Å². The van der Waals surface area contributed by atoms with Gasteiger partial charge in [0.15, 0.2) is 5.82 Å². The number of ether oxygens (including phenoxy) is 1. The number of likely N-dealkylation sites (tertiary alicyclic amines) is 1. The average Bonchev–Trinajstić information content (AvgIpc) is 3.13. The highest BCUT2D eigenvalue weighted by Gasteiger charge is 2.53. The molecule has 3 heterocycles. The molecule has 29 heavy (non-hydrogen) atoms. The molecule has 1 aromatic carbocycles. The van der Waals surface area contributed by atoms with Crippen molar-refractivity contribution in [1.29, 1.82) is 0 Å². The quantitative estimate of drug-likeness (QED) is 0.805. The molecule has 2 atom stereocenters. The fraction of sp³-hybridized carbons (Fsp3) is 0.571. The van der Waals surface area contributed by atoms with Gasteiger partial charge in [-0.25, -0.2) is 0 Å². The number of rotatable bonds is 4. The predicted octanol–water partition coefficient (Wildman–Crippen LogP) is 1.68. The van der Waals surface area contributed by atoms with E-state index in [9.17, 15) is 9.90 Å². The van der Waals surface area contributed by atoms with Crippen LogP contribution in [0.4, 0.5) is 0 Å². The molecule has 0 saturated carbocycles. The molecule has 8 nitrogen and oxygen atoms in total. The molecular weight excluding hydrogens is 372 g/mol. The average molecular weight is 400 g/mol. The van der Waals surface area contributed by atoms with Crippen molar-refractivity contribution in [3.05, 3.63) is 47.6 Å². The van der Waals surface area contributed by atoms with Gasteiger partial charge in [0.1, 0.15) is 6.10 Å². The SMILES string of the molecule is Cc1nc(CN2CCC3(CC2)OCC[C@](C)(NC(=O)c2ccccc2)[C@H]3O)no1. The Morgan fingerprint density at radius 3 is 2.66 bits per heavy atom. The zero-order valence-electron chi connectivity index (χ0n) is 16.9. The third-order valence-corrected chi connectivity index (χ3v) is 6.18. The second-order valence-corrected chi connectivity index (χ2v) is 8.31. The van der Waals surface area contributed by atoms with Crippen LogP contribution >= 0.6 is 0 Å². The highest BCUT2D eigenvalue weighted by Crippen LogP contribution is 2.40. The Morgan fingerprint density at radius 1 is 1.28 bits per heavy atom. The highest BCUT2D eigenvalue weighted by molar-refractivity contribution is 5.94. The van der Waals surface area contributed by atoms with Gasteiger partial charge in [0.25, 0.3) is 5.91 Å². The molecule has 0 radical (unpaired) electrons. The molecule has 2 aromatic rings. The third-order valence-electron chi connectivity index (χ3n) is 6.18. The monoisotopic (exact) mass is 400 g/mol. The fourth-order valence-corrected chi connectivity index (χ4v) is 4.43. The topological polar surface area (TPSA) is 101 Å². The molecule has 2 aliphatic rings. The molecule has 2 fully saturated rings. The molecule has 1 aromatic heterocycles. The maximum absolute atomic E-state index is 12.7. The maximum atomic E-state index is 12.7. The summed E-state index contributed by atoms with van der Waals surface area (Å²) in [5, 5.41) is 18.3. The second-order valence-electron chi connectivity index (χ2n) is 8.31. The van der Waals surface area contributed by atoms with Crippen LogP contribution < -0.4 is 5.32 Å². The van der Waals surface area contributed by atoms with Crippen LogP contribution in [0.1, 0.15) is 48.3 Å².